The van der Waals surface area contributed by atoms with Crippen molar-refractivity contribution in [2.24, 2.45) is 70.0 Å². The first-order valence-corrected chi connectivity index (χ1v) is 55.8. The normalized spacial score (nSPS) is 19.5. The van der Waals surface area contributed by atoms with Crippen molar-refractivity contribution < 1.29 is 53.0 Å². The fraction of sp³-hybridized carbons (Fsp3) is 0.508. The van der Waals surface area contributed by atoms with E-state index in [1.807, 2.05) is 38.1 Å². The van der Waals surface area contributed by atoms with Gasteiger partial charge in [-0.15, -0.1) is 13.2 Å². The lowest BCUT2D eigenvalue weighted by molar-refractivity contribution is -0.274. The molecule has 0 aliphatic carbocycles. The van der Waals surface area contributed by atoms with Crippen molar-refractivity contribution in [3.63, 3.8) is 0 Å². The summed E-state index contributed by atoms with van der Waals surface area (Å²) < 4.78 is 148. The molecule has 10 aromatic carbocycles. The van der Waals surface area contributed by atoms with Crippen LogP contribution in [0.3, 0.4) is 0 Å². The number of ether oxygens (including phenoxy) is 1. The van der Waals surface area contributed by atoms with Crippen molar-refractivity contribution in [1.29, 1.82) is 0 Å². The van der Waals surface area contributed by atoms with E-state index < -0.39 is 30.8 Å². The maximum absolute atomic E-state index is 13.6. The average Bonchev–Trinajstić information content (AvgIpc) is 1.15. The monoisotopic (exact) mass is 2240 g/mol. The molecule has 0 N–H and O–H groups in total. The van der Waals surface area contributed by atoms with Crippen molar-refractivity contribution in [2.45, 2.75) is 250 Å². The maximum Gasteiger partial charge on any atom is 0.573 e. The molecule has 6 aliphatic heterocycles. The molecular formula is C122H154Cl9F11N6O. The summed E-state index contributed by atoms with van der Waals surface area (Å²) in [6.45, 7) is 54.4. The Morgan fingerprint density at radius 1 is 0.315 bits per heavy atom. The fourth-order valence-electron chi connectivity index (χ4n) is 20.7. The number of hydrogen-bond acceptors (Lipinski definition) is 7. The molecule has 818 valence electrons. The van der Waals surface area contributed by atoms with E-state index in [0.29, 0.717) is 110 Å². The molecule has 6 saturated heterocycles. The Bertz CT molecular complexity index is 5220. The van der Waals surface area contributed by atoms with Crippen LogP contribution in [-0.2, 0) is 18.5 Å². The second-order valence-corrected chi connectivity index (χ2v) is 48.9. The van der Waals surface area contributed by atoms with Gasteiger partial charge in [0.2, 0.25) is 0 Å². The molecule has 6 aliphatic rings. The summed E-state index contributed by atoms with van der Waals surface area (Å²) in [5.41, 5.74) is 10.6. The highest BCUT2D eigenvalue weighted by molar-refractivity contribution is 6.36. The van der Waals surface area contributed by atoms with Gasteiger partial charge in [0, 0.05) is 84.5 Å². The molecule has 0 amide bonds. The molecule has 10 aromatic rings. The van der Waals surface area contributed by atoms with Gasteiger partial charge in [-0.2, -0.15) is 26.3 Å². The van der Waals surface area contributed by atoms with Crippen LogP contribution in [0.2, 0.25) is 45.2 Å². The van der Waals surface area contributed by atoms with E-state index in [1.165, 1.54) is 144 Å². The quantitative estimate of drug-likeness (QED) is 0.0625. The summed E-state index contributed by atoms with van der Waals surface area (Å²) in [6, 6.07) is 69.0. The largest absolute Gasteiger partial charge is 0.573 e. The molecule has 0 unspecified atom stereocenters. The van der Waals surface area contributed by atoms with Gasteiger partial charge in [0.05, 0.1) is 12.1 Å². The highest BCUT2D eigenvalue weighted by atomic mass is 35.5. The van der Waals surface area contributed by atoms with Crippen LogP contribution in [-0.4, -0.2) is 127 Å². The number of piperidine rings is 2. The first-order valence-electron chi connectivity index (χ1n) is 52.4. The molecule has 6 heterocycles. The summed E-state index contributed by atoms with van der Waals surface area (Å²) in [5.74, 6) is 5.91. The number of nitrogens with zero attached hydrogens (tertiary/aromatic N) is 6. The van der Waals surface area contributed by atoms with Crippen LogP contribution < -0.4 is 4.74 Å². The molecule has 6 atom stereocenters. The first kappa shape index (κ1) is 126. The van der Waals surface area contributed by atoms with E-state index in [9.17, 15) is 48.3 Å². The molecular weight excluding hydrogens is 2090 g/mol. The molecule has 7 nitrogen and oxygen atoms in total. The number of rotatable bonds is 22. The predicted octanol–water partition coefficient (Wildman–Crippen LogP) is 38.8. The molecule has 6 fully saturated rings. The van der Waals surface area contributed by atoms with Crippen LogP contribution in [0.4, 0.5) is 48.3 Å². The first-order chi connectivity index (χ1) is 69.8. The lowest BCUT2D eigenvalue weighted by atomic mass is 9.78. The number of benzene rings is 10. The maximum atomic E-state index is 13.6. The van der Waals surface area contributed by atoms with Crippen molar-refractivity contribution in [3.8, 4) is 5.75 Å². The molecule has 0 radical (unpaired) electrons. The number of alkyl halides is 9. The summed E-state index contributed by atoms with van der Waals surface area (Å²) in [7, 11) is 0. The zero-order chi connectivity index (χ0) is 110. The minimum Gasteiger partial charge on any atom is -0.406 e. The van der Waals surface area contributed by atoms with Crippen LogP contribution in [0.1, 0.15) is 269 Å². The Morgan fingerprint density at radius 3 is 0.846 bits per heavy atom. The second kappa shape index (κ2) is 58.0. The van der Waals surface area contributed by atoms with Crippen molar-refractivity contribution in [3.05, 3.63) is 343 Å². The second-order valence-electron chi connectivity index (χ2n) is 45.0. The Morgan fingerprint density at radius 2 is 0.591 bits per heavy atom. The Hall–Kier alpha value is -6.40. The van der Waals surface area contributed by atoms with E-state index in [0.717, 1.165) is 106 Å². The van der Waals surface area contributed by atoms with Gasteiger partial charge in [-0.05, 0) is 350 Å². The van der Waals surface area contributed by atoms with E-state index in [1.54, 1.807) is 24.3 Å². The van der Waals surface area contributed by atoms with Crippen LogP contribution in [0, 0.1) is 81.6 Å². The third-order valence-electron chi connectivity index (χ3n) is 30.5. The minimum absolute atomic E-state index is 0.0966. The Labute approximate surface area is 927 Å². The lowest BCUT2D eigenvalue weighted by Crippen LogP contribution is -2.43. The third-order valence-corrected chi connectivity index (χ3v) is 32.5. The fourth-order valence-corrected chi connectivity index (χ4v) is 23.1. The van der Waals surface area contributed by atoms with Crippen LogP contribution in [0.15, 0.2) is 231 Å². The van der Waals surface area contributed by atoms with Crippen LogP contribution >= 0.6 is 104 Å². The number of hydrogen-bond donors (Lipinski definition) is 0. The smallest absolute Gasteiger partial charge is 0.406 e. The van der Waals surface area contributed by atoms with Gasteiger partial charge < -0.3 is 4.74 Å². The Kier molecular flexibility index (Phi) is 49.1. The highest BCUT2D eigenvalue weighted by Crippen LogP contribution is 2.48. The number of halogens is 20. The van der Waals surface area contributed by atoms with E-state index >= 15 is 0 Å². The molecule has 0 spiro atoms. The lowest BCUT2D eigenvalue weighted by Gasteiger charge is -2.39. The SMILES string of the molecule is CC(C)(C)c1cc(Cl)cc(Cl)c1.CC(C)C1CCN([C@@H](c2cc(Cl)cc(Cl)c2)C(F)(F)F)CC1.CC(C)C1CCN([C@H](c2cc(Cl)cc(Cl)c2)C(F)(F)F)CC1.CC(C)[C@@H]1CCN(C(c2ccccc2)c2ccccc2)C1.CC(C)[C@@]1(C)CCN(Cc2cc(F)cc(Cl)c2)C1.CC(C)[C@H]1CCN(C(c2ccccc2)c2ccccc2)C1.CC(C)[C@]1(C)CCN(Cc2cc(F)cc(Cl)c2)C1.CC(C)c1cc(Cl)cc(OC(F)(F)F)c1. The van der Waals surface area contributed by atoms with Crippen molar-refractivity contribution >= 4 is 104 Å². The summed E-state index contributed by atoms with van der Waals surface area (Å²) >= 11 is 52.7. The van der Waals surface area contributed by atoms with Crippen LogP contribution in [0.5, 0.6) is 5.75 Å². The molecule has 16 rings (SSSR count). The standard InChI is InChI=1S/2C20H25N.2C16H20Cl2F3N.2C15H21ClFN.C10H12Cl2.C10H10ClF3O/c2*1-16(2)19-13-14-21(15-19)20(17-9-5-3-6-10-17)18-11-7-4-8-12-18;2*1-10(2)11-3-5-22(6-4-11)15(16(19,20)21)12-7-13(17)9-14(18)8-12;2*1-11(2)15(3)4-5-18(10-15)9-12-6-13(16)8-14(17)7-12;1-10(2,3)7-4-8(11)6-9(12)5-7;1-6(2)7-3-8(11)5-9(4-7)15-10(12,13)14/h2*3-12,16,19-20H,13-15H2,1-2H3;2*7-11,15H,3-6H2,1-2H3;2*6-8,11H,4-5,9-10H2,1-3H3;4-6H,1-3H3;3-6H,1-2H3/t2*19-;4*15-;;/m101010../s1. The zero-order valence-electron chi connectivity index (χ0n) is 89.8. The molecule has 27 heteroatoms. The van der Waals surface area contributed by atoms with Crippen molar-refractivity contribution in [1.82, 2.24) is 29.4 Å². The summed E-state index contributed by atoms with van der Waals surface area (Å²) in [5, 5.41) is 3.53. The van der Waals surface area contributed by atoms with E-state index in [4.69, 9.17) is 104 Å². The summed E-state index contributed by atoms with van der Waals surface area (Å²) in [6.07, 6.45) is -5.13. The molecule has 0 aromatic heterocycles. The number of likely N-dealkylation sites (tertiary alicyclic amines) is 6. The zero-order valence-corrected chi connectivity index (χ0v) is 96.6. The van der Waals surface area contributed by atoms with Gasteiger partial charge in [-0.1, -0.05) is 357 Å². The minimum atomic E-state index is -4.68. The van der Waals surface area contributed by atoms with E-state index in [-0.39, 0.29) is 65.0 Å². The van der Waals surface area contributed by atoms with Gasteiger partial charge in [0.25, 0.3) is 0 Å². The van der Waals surface area contributed by atoms with Gasteiger partial charge in [-0.25, -0.2) is 8.78 Å². The summed E-state index contributed by atoms with van der Waals surface area (Å²) in [4.78, 5) is 13.1. The van der Waals surface area contributed by atoms with Gasteiger partial charge >= 0.3 is 18.7 Å². The van der Waals surface area contributed by atoms with Gasteiger partial charge in [-0.3, -0.25) is 29.4 Å². The predicted molar refractivity (Wildman–Crippen MR) is 603 cm³/mol. The highest BCUT2D eigenvalue weighted by Gasteiger charge is 2.49. The van der Waals surface area contributed by atoms with Gasteiger partial charge in [0.1, 0.15) is 29.5 Å². The van der Waals surface area contributed by atoms with Crippen molar-refractivity contribution in [2.75, 3.05) is 78.5 Å². The van der Waals surface area contributed by atoms with Crippen LogP contribution in [0.25, 0.3) is 0 Å². The molecule has 0 saturated carbocycles. The molecule has 149 heavy (non-hydrogen) atoms. The average molecular weight is 2250 g/mol. The Balaban J connectivity index is 0.000000190. The van der Waals surface area contributed by atoms with Gasteiger partial charge in [0.15, 0.2) is 0 Å². The van der Waals surface area contributed by atoms with E-state index in [2.05, 4.69) is 263 Å². The molecule has 0 bridgehead atoms. The third kappa shape index (κ3) is 40.6. The topological polar surface area (TPSA) is 28.7 Å².